The Kier molecular flexibility index (Phi) is 6.67. The first kappa shape index (κ1) is 22.6. The number of ether oxygens (including phenoxy) is 1. The van der Waals surface area contributed by atoms with Crippen LogP contribution in [-0.4, -0.2) is 51.7 Å². The molecule has 4 rings (SSSR count). The summed E-state index contributed by atoms with van der Waals surface area (Å²) in [5, 5.41) is 6.46. The normalized spacial score (nSPS) is 14.7. The fourth-order valence-electron chi connectivity index (χ4n) is 4.18. The molecule has 32 heavy (non-hydrogen) atoms. The van der Waals surface area contributed by atoms with E-state index in [-0.39, 0.29) is 5.91 Å². The van der Waals surface area contributed by atoms with Crippen LogP contribution in [0.15, 0.2) is 29.8 Å². The van der Waals surface area contributed by atoms with Gasteiger partial charge in [-0.1, -0.05) is 6.07 Å². The van der Waals surface area contributed by atoms with E-state index >= 15 is 0 Å². The lowest BCUT2D eigenvalue weighted by Gasteiger charge is -2.34. The van der Waals surface area contributed by atoms with Crippen LogP contribution in [0, 0.1) is 27.7 Å². The summed E-state index contributed by atoms with van der Waals surface area (Å²) >= 11 is 1.51. The van der Waals surface area contributed by atoms with Crippen LogP contribution in [0.5, 0.6) is 5.75 Å². The minimum Gasteiger partial charge on any atom is -0.489 e. The van der Waals surface area contributed by atoms with E-state index < -0.39 is 0 Å². The third-order valence-electron chi connectivity index (χ3n) is 6.19. The number of piperazine rings is 1. The van der Waals surface area contributed by atoms with Crippen LogP contribution in [0.25, 0.3) is 0 Å². The van der Waals surface area contributed by atoms with Gasteiger partial charge in [0, 0.05) is 57.1 Å². The molecule has 1 saturated heterocycles. The molecular weight excluding hydrogens is 420 g/mol. The zero-order valence-corrected chi connectivity index (χ0v) is 20.5. The molecule has 1 aliphatic rings. The highest BCUT2D eigenvalue weighted by molar-refractivity contribution is 7.12. The lowest BCUT2D eigenvalue weighted by Crippen LogP contribution is -2.48. The predicted octanol–water partition coefficient (Wildman–Crippen LogP) is 4.25. The third-order valence-corrected chi connectivity index (χ3v) is 7.16. The van der Waals surface area contributed by atoms with Crippen molar-refractivity contribution in [1.82, 2.24) is 19.6 Å². The summed E-state index contributed by atoms with van der Waals surface area (Å²) in [7, 11) is 1.95. The minimum absolute atomic E-state index is 0.126. The molecule has 1 aromatic carbocycles. The summed E-state index contributed by atoms with van der Waals surface area (Å²) in [6, 6.07) is 6.23. The molecule has 7 heteroatoms. The van der Waals surface area contributed by atoms with Crippen molar-refractivity contribution in [2.75, 3.05) is 26.2 Å². The van der Waals surface area contributed by atoms with E-state index in [4.69, 9.17) is 4.74 Å². The fourth-order valence-corrected chi connectivity index (χ4v) is 5.05. The first-order chi connectivity index (χ1) is 15.3. The second-order valence-electron chi connectivity index (χ2n) is 8.79. The topological polar surface area (TPSA) is 50.6 Å². The first-order valence-electron chi connectivity index (χ1n) is 11.1. The number of nitrogens with zero attached hydrogens (tertiary/aromatic N) is 4. The van der Waals surface area contributed by atoms with Crippen molar-refractivity contribution in [2.45, 2.75) is 40.8 Å². The summed E-state index contributed by atoms with van der Waals surface area (Å²) in [5.41, 5.74) is 6.98. The fraction of sp³-hybridized carbons (Fsp3) is 0.440. The summed E-state index contributed by atoms with van der Waals surface area (Å²) in [6.07, 6.45) is 2.08. The molecule has 0 spiro atoms. The number of thiophene rings is 1. The van der Waals surface area contributed by atoms with Gasteiger partial charge in [0.25, 0.3) is 5.91 Å². The van der Waals surface area contributed by atoms with Gasteiger partial charge in [-0.15, -0.1) is 11.3 Å². The number of rotatable bonds is 6. The Balaban J connectivity index is 1.31. The Bertz CT molecular complexity index is 1110. The minimum atomic E-state index is 0.126. The standard InChI is InChI=1S/C25H32N4O2S/c1-17-10-18(2)19(3)23(11-17)31-15-21-12-24(32-16-21)25(30)29-8-6-28(7-9-29)14-22-13-27(5)26-20(22)4/h10-13,16H,6-9,14-15H2,1-5H3. The molecule has 3 heterocycles. The average Bonchev–Trinajstić information content (AvgIpc) is 3.35. The largest absolute Gasteiger partial charge is 0.489 e. The van der Waals surface area contributed by atoms with Crippen LogP contribution in [0.2, 0.25) is 0 Å². The molecule has 0 unspecified atom stereocenters. The number of carbonyl (C=O) groups is 1. The number of benzene rings is 1. The van der Waals surface area contributed by atoms with Gasteiger partial charge in [0.1, 0.15) is 12.4 Å². The van der Waals surface area contributed by atoms with Crippen molar-refractivity contribution in [2.24, 2.45) is 7.05 Å². The maximum atomic E-state index is 13.0. The average molecular weight is 453 g/mol. The molecule has 1 aliphatic heterocycles. The molecule has 2 aromatic heterocycles. The Morgan fingerprint density at radius 2 is 1.84 bits per heavy atom. The number of hydrogen-bond acceptors (Lipinski definition) is 5. The van der Waals surface area contributed by atoms with Gasteiger partial charge in [-0.2, -0.15) is 5.10 Å². The van der Waals surface area contributed by atoms with Crippen LogP contribution in [0.1, 0.15) is 43.2 Å². The number of aryl methyl sites for hydroxylation is 4. The zero-order valence-electron chi connectivity index (χ0n) is 19.6. The van der Waals surface area contributed by atoms with Crippen LogP contribution in [-0.2, 0) is 20.2 Å². The van der Waals surface area contributed by atoms with E-state index in [9.17, 15) is 4.79 Å². The van der Waals surface area contributed by atoms with Crippen molar-refractivity contribution in [3.05, 3.63) is 68.2 Å². The number of aromatic nitrogens is 2. The zero-order chi connectivity index (χ0) is 22.8. The Labute approximate surface area is 194 Å². The van der Waals surface area contributed by atoms with Crippen molar-refractivity contribution in [3.63, 3.8) is 0 Å². The van der Waals surface area contributed by atoms with E-state index in [1.807, 2.05) is 28.1 Å². The second-order valence-corrected chi connectivity index (χ2v) is 9.71. The van der Waals surface area contributed by atoms with Gasteiger partial charge in [-0.3, -0.25) is 14.4 Å². The molecule has 0 aliphatic carbocycles. The molecule has 0 N–H and O–H groups in total. The SMILES string of the molecule is Cc1cc(C)c(C)c(OCc2csc(C(=O)N3CCN(Cc4cn(C)nc4C)CC3)c2)c1. The lowest BCUT2D eigenvalue weighted by molar-refractivity contribution is 0.0633. The summed E-state index contributed by atoms with van der Waals surface area (Å²) in [5.74, 6) is 1.04. The van der Waals surface area contributed by atoms with Gasteiger partial charge in [0.15, 0.2) is 0 Å². The summed E-state index contributed by atoms with van der Waals surface area (Å²) < 4.78 is 7.94. The van der Waals surface area contributed by atoms with Crippen LogP contribution < -0.4 is 4.74 Å². The molecule has 0 saturated carbocycles. The van der Waals surface area contributed by atoms with Gasteiger partial charge in [0.05, 0.1) is 10.6 Å². The second kappa shape index (κ2) is 9.46. The van der Waals surface area contributed by atoms with Crippen molar-refractivity contribution >= 4 is 17.2 Å². The number of amides is 1. The van der Waals surface area contributed by atoms with Crippen LogP contribution in [0.4, 0.5) is 0 Å². The molecular formula is C25H32N4O2S. The smallest absolute Gasteiger partial charge is 0.264 e. The van der Waals surface area contributed by atoms with Gasteiger partial charge in [-0.25, -0.2) is 0 Å². The monoisotopic (exact) mass is 452 g/mol. The highest BCUT2D eigenvalue weighted by Gasteiger charge is 2.24. The number of hydrogen-bond donors (Lipinski definition) is 0. The Hall–Kier alpha value is -2.64. The van der Waals surface area contributed by atoms with Gasteiger partial charge >= 0.3 is 0 Å². The molecule has 1 amide bonds. The van der Waals surface area contributed by atoms with E-state index in [0.717, 1.165) is 54.6 Å². The lowest BCUT2D eigenvalue weighted by atomic mass is 10.1. The molecule has 0 radical (unpaired) electrons. The van der Waals surface area contributed by atoms with Gasteiger partial charge < -0.3 is 9.64 Å². The van der Waals surface area contributed by atoms with E-state index in [1.165, 1.54) is 33.6 Å². The number of carbonyl (C=O) groups excluding carboxylic acids is 1. The third kappa shape index (κ3) is 5.05. The highest BCUT2D eigenvalue weighted by Crippen LogP contribution is 2.25. The molecule has 0 atom stereocenters. The molecule has 6 nitrogen and oxygen atoms in total. The van der Waals surface area contributed by atoms with Crippen molar-refractivity contribution in [3.8, 4) is 5.75 Å². The van der Waals surface area contributed by atoms with Gasteiger partial charge in [0.2, 0.25) is 0 Å². The molecule has 1 fully saturated rings. The predicted molar refractivity (Wildman–Crippen MR) is 128 cm³/mol. The van der Waals surface area contributed by atoms with Gasteiger partial charge in [-0.05, 0) is 61.9 Å². The van der Waals surface area contributed by atoms with Crippen LogP contribution >= 0.6 is 11.3 Å². The maximum absolute atomic E-state index is 13.0. The van der Waals surface area contributed by atoms with Crippen molar-refractivity contribution < 1.29 is 9.53 Å². The summed E-state index contributed by atoms with van der Waals surface area (Å²) in [4.78, 5) is 18.2. The van der Waals surface area contributed by atoms with E-state index in [1.54, 1.807) is 0 Å². The van der Waals surface area contributed by atoms with Crippen LogP contribution in [0.3, 0.4) is 0 Å². The van der Waals surface area contributed by atoms with E-state index in [2.05, 4.69) is 56.0 Å². The molecule has 0 bridgehead atoms. The van der Waals surface area contributed by atoms with E-state index in [0.29, 0.717) is 6.61 Å². The maximum Gasteiger partial charge on any atom is 0.264 e. The highest BCUT2D eigenvalue weighted by atomic mass is 32.1. The summed E-state index contributed by atoms with van der Waals surface area (Å²) in [6.45, 7) is 13.0. The Morgan fingerprint density at radius 3 is 2.53 bits per heavy atom. The quantitative estimate of drug-likeness (QED) is 0.561. The molecule has 170 valence electrons. The first-order valence-corrected chi connectivity index (χ1v) is 12.0. The molecule has 3 aromatic rings. The van der Waals surface area contributed by atoms with Crippen molar-refractivity contribution in [1.29, 1.82) is 0 Å². The Morgan fingerprint density at radius 1 is 1.09 bits per heavy atom.